The first-order valence-corrected chi connectivity index (χ1v) is 7.61. The van der Waals surface area contributed by atoms with Crippen LogP contribution in [-0.2, 0) is 4.79 Å². The fraction of sp³-hybridized carbons (Fsp3) is 0.588. The van der Waals surface area contributed by atoms with Crippen LogP contribution in [0.15, 0.2) is 30.3 Å². The van der Waals surface area contributed by atoms with Gasteiger partial charge in [0.15, 0.2) is 0 Å². The topological polar surface area (TPSA) is 49.3 Å². The van der Waals surface area contributed by atoms with Crippen LogP contribution in [0, 0.1) is 5.92 Å². The van der Waals surface area contributed by atoms with Gasteiger partial charge in [-0.2, -0.15) is 0 Å². The van der Waals surface area contributed by atoms with E-state index in [2.05, 4.69) is 19.2 Å². The van der Waals surface area contributed by atoms with Crippen molar-refractivity contribution in [1.29, 1.82) is 0 Å². The monoisotopic (exact) mass is 275 g/mol. The molecule has 1 amide bonds. The molecule has 3 nitrogen and oxygen atoms in total. The Balaban J connectivity index is 2.04. The summed E-state index contributed by atoms with van der Waals surface area (Å²) in [7, 11) is 0. The Hall–Kier alpha value is -1.35. The molecule has 0 heterocycles. The third-order valence-corrected chi connectivity index (χ3v) is 4.53. The first-order chi connectivity index (χ1) is 9.56. The maximum absolute atomic E-state index is 12.5. The smallest absolute Gasteiger partial charge is 0.227 e. The van der Waals surface area contributed by atoms with E-state index in [1.807, 2.05) is 30.3 Å². The van der Waals surface area contributed by atoms with Gasteiger partial charge in [0.2, 0.25) is 5.91 Å². The third-order valence-electron chi connectivity index (χ3n) is 4.53. The summed E-state index contributed by atoms with van der Waals surface area (Å²) in [4.78, 5) is 12.5. The number of aliphatic hydroxyl groups is 1. The Morgan fingerprint density at radius 1 is 1.35 bits per heavy atom. The standard InChI is InChI=1S/C17H25NO2/c1-3-13(2)15(14-8-5-4-6-9-14)16(19)18-12-17(20)10-7-11-17/h4-6,8-9,13,15,20H,3,7,10-12H2,1-2H3,(H,18,19). The van der Waals surface area contributed by atoms with Crippen molar-refractivity contribution in [1.82, 2.24) is 5.32 Å². The van der Waals surface area contributed by atoms with Gasteiger partial charge < -0.3 is 10.4 Å². The summed E-state index contributed by atoms with van der Waals surface area (Å²) >= 11 is 0. The molecule has 2 N–H and O–H groups in total. The van der Waals surface area contributed by atoms with Crippen LogP contribution in [0.1, 0.15) is 51.0 Å². The lowest BCUT2D eigenvalue weighted by molar-refractivity contribution is -0.126. The molecule has 0 aromatic heterocycles. The summed E-state index contributed by atoms with van der Waals surface area (Å²) in [6.07, 6.45) is 3.61. The average molecular weight is 275 g/mol. The Bertz CT molecular complexity index is 440. The Kier molecular flexibility index (Phi) is 4.81. The van der Waals surface area contributed by atoms with Crippen molar-refractivity contribution in [3.63, 3.8) is 0 Å². The largest absolute Gasteiger partial charge is 0.388 e. The van der Waals surface area contributed by atoms with Crippen molar-refractivity contribution in [2.75, 3.05) is 6.54 Å². The van der Waals surface area contributed by atoms with Crippen LogP contribution in [0.3, 0.4) is 0 Å². The number of amides is 1. The van der Waals surface area contributed by atoms with Gasteiger partial charge in [-0.15, -0.1) is 0 Å². The predicted molar refractivity (Wildman–Crippen MR) is 80.4 cm³/mol. The number of nitrogens with one attached hydrogen (secondary N) is 1. The minimum atomic E-state index is -0.660. The molecule has 2 rings (SSSR count). The number of benzene rings is 1. The van der Waals surface area contributed by atoms with E-state index >= 15 is 0 Å². The molecule has 1 aliphatic carbocycles. The normalized spacial score (nSPS) is 19.8. The van der Waals surface area contributed by atoms with Crippen LogP contribution in [0.2, 0.25) is 0 Å². The third kappa shape index (κ3) is 3.40. The van der Waals surface area contributed by atoms with Gasteiger partial charge in [0.25, 0.3) is 0 Å². The van der Waals surface area contributed by atoms with Gasteiger partial charge in [-0.05, 0) is 30.7 Å². The summed E-state index contributed by atoms with van der Waals surface area (Å²) in [6, 6.07) is 9.92. The van der Waals surface area contributed by atoms with Crippen LogP contribution in [0.4, 0.5) is 0 Å². The van der Waals surface area contributed by atoms with Gasteiger partial charge in [0.05, 0.1) is 11.5 Å². The van der Waals surface area contributed by atoms with Crippen LogP contribution in [0.25, 0.3) is 0 Å². The van der Waals surface area contributed by atoms with Gasteiger partial charge >= 0.3 is 0 Å². The second-order valence-corrected chi connectivity index (χ2v) is 6.07. The summed E-state index contributed by atoms with van der Waals surface area (Å²) < 4.78 is 0. The molecular weight excluding hydrogens is 250 g/mol. The molecule has 0 radical (unpaired) electrons. The molecule has 110 valence electrons. The van der Waals surface area contributed by atoms with Crippen LogP contribution in [-0.4, -0.2) is 23.2 Å². The van der Waals surface area contributed by atoms with E-state index in [1.54, 1.807) is 0 Å². The van der Waals surface area contributed by atoms with Gasteiger partial charge in [-0.3, -0.25) is 4.79 Å². The summed E-state index contributed by atoms with van der Waals surface area (Å²) in [6.45, 7) is 4.59. The molecule has 2 atom stereocenters. The van der Waals surface area contributed by atoms with E-state index in [4.69, 9.17) is 0 Å². The number of hydrogen-bond acceptors (Lipinski definition) is 2. The zero-order chi connectivity index (χ0) is 14.6. The Labute approximate surface area is 121 Å². The van der Waals surface area contributed by atoms with E-state index in [9.17, 15) is 9.90 Å². The van der Waals surface area contributed by atoms with Gasteiger partial charge in [0.1, 0.15) is 0 Å². The molecule has 0 bridgehead atoms. The first kappa shape index (κ1) is 15.0. The molecule has 20 heavy (non-hydrogen) atoms. The Morgan fingerprint density at radius 3 is 2.50 bits per heavy atom. The highest BCUT2D eigenvalue weighted by Crippen LogP contribution is 2.31. The zero-order valence-electron chi connectivity index (χ0n) is 12.4. The lowest BCUT2D eigenvalue weighted by atomic mass is 9.79. The maximum Gasteiger partial charge on any atom is 0.227 e. The second-order valence-electron chi connectivity index (χ2n) is 6.07. The van der Waals surface area contributed by atoms with Crippen molar-refractivity contribution >= 4 is 5.91 Å². The quantitative estimate of drug-likeness (QED) is 0.838. The van der Waals surface area contributed by atoms with Crippen molar-refractivity contribution in [2.24, 2.45) is 5.92 Å². The SMILES string of the molecule is CCC(C)C(C(=O)NCC1(O)CCC1)c1ccccc1. The van der Waals surface area contributed by atoms with E-state index < -0.39 is 5.60 Å². The molecule has 1 saturated carbocycles. The van der Waals surface area contributed by atoms with E-state index in [0.29, 0.717) is 6.54 Å². The highest BCUT2D eigenvalue weighted by Gasteiger charge is 2.35. The Morgan fingerprint density at radius 2 is 2.00 bits per heavy atom. The van der Waals surface area contributed by atoms with E-state index in [-0.39, 0.29) is 17.7 Å². The molecule has 0 aliphatic heterocycles. The number of rotatable bonds is 6. The lowest BCUT2D eigenvalue weighted by Gasteiger charge is -2.37. The number of carbonyl (C=O) groups is 1. The highest BCUT2D eigenvalue weighted by atomic mass is 16.3. The maximum atomic E-state index is 12.5. The van der Waals surface area contributed by atoms with E-state index in [1.165, 1.54) is 0 Å². The molecule has 1 fully saturated rings. The fourth-order valence-electron chi connectivity index (χ4n) is 2.76. The van der Waals surface area contributed by atoms with Crippen molar-refractivity contribution < 1.29 is 9.90 Å². The predicted octanol–water partition coefficient (Wildman–Crippen LogP) is 2.85. The lowest BCUT2D eigenvalue weighted by Crippen LogP contribution is -2.49. The van der Waals surface area contributed by atoms with Gasteiger partial charge in [-0.25, -0.2) is 0 Å². The molecule has 3 heteroatoms. The minimum absolute atomic E-state index is 0.0332. The molecular formula is C17H25NO2. The molecule has 1 aromatic carbocycles. The molecule has 2 unspecified atom stereocenters. The average Bonchev–Trinajstić information content (AvgIpc) is 2.44. The van der Waals surface area contributed by atoms with Gasteiger partial charge in [0, 0.05) is 6.54 Å². The van der Waals surface area contributed by atoms with Crippen molar-refractivity contribution in [2.45, 2.75) is 51.0 Å². The first-order valence-electron chi connectivity index (χ1n) is 7.61. The fourth-order valence-corrected chi connectivity index (χ4v) is 2.76. The van der Waals surface area contributed by atoms with E-state index in [0.717, 1.165) is 31.2 Å². The van der Waals surface area contributed by atoms with Crippen LogP contribution in [0.5, 0.6) is 0 Å². The minimum Gasteiger partial charge on any atom is -0.388 e. The van der Waals surface area contributed by atoms with Crippen LogP contribution >= 0.6 is 0 Å². The zero-order valence-corrected chi connectivity index (χ0v) is 12.4. The van der Waals surface area contributed by atoms with Crippen LogP contribution < -0.4 is 5.32 Å². The van der Waals surface area contributed by atoms with Gasteiger partial charge in [-0.1, -0.05) is 50.6 Å². The number of carbonyl (C=O) groups excluding carboxylic acids is 1. The molecule has 1 aromatic rings. The molecule has 0 saturated heterocycles. The van der Waals surface area contributed by atoms with Crippen molar-refractivity contribution in [3.8, 4) is 0 Å². The summed E-state index contributed by atoms with van der Waals surface area (Å²) in [5.41, 5.74) is 0.395. The summed E-state index contributed by atoms with van der Waals surface area (Å²) in [5.74, 6) is 0.184. The second kappa shape index (κ2) is 6.40. The summed E-state index contributed by atoms with van der Waals surface area (Å²) in [5, 5.41) is 13.0. The molecule has 1 aliphatic rings. The molecule has 0 spiro atoms. The van der Waals surface area contributed by atoms with Crippen molar-refractivity contribution in [3.05, 3.63) is 35.9 Å². The highest BCUT2D eigenvalue weighted by molar-refractivity contribution is 5.84. The number of hydrogen-bond donors (Lipinski definition) is 2.